The van der Waals surface area contributed by atoms with Crippen molar-refractivity contribution in [1.82, 2.24) is 14.5 Å². The van der Waals surface area contributed by atoms with Crippen LogP contribution in [0.15, 0.2) is 29.2 Å². The molecule has 3 aliphatic rings. The average Bonchev–Trinajstić information content (AvgIpc) is 3.18. The topological polar surface area (TPSA) is 111 Å². The van der Waals surface area contributed by atoms with Crippen LogP contribution < -0.4 is 5.32 Å². The summed E-state index contributed by atoms with van der Waals surface area (Å²) in [5.74, 6) is -2.76. The van der Waals surface area contributed by atoms with Crippen molar-refractivity contribution in [1.29, 1.82) is 5.26 Å². The first-order chi connectivity index (χ1) is 15.5. The van der Waals surface area contributed by atoms with Crippen molar-refractivity contribution in [2.24, 2.45) is 11.8 Å². The number of likely N-dealkylation sites (tertiary alicyclic amines) is 1. The summed E-state index contributed by atoms with van der Waals surface area (Å²) < 4.78 is 64.7. The molecule has 0 unspecified atom stereocenters. The van der Waals surface area contributed by atoms with Crippen molar-refractivity contribution in [3.8, 4) is 6.07 Å². The van der Waals surface area contributed by atoms with Gasteiger partial charge in [-0.1, -0.05) is 6.07 Å². The van der Waals surface area contributed by atoms with Crippen molar-refractivity contribution in [3.05, 3.63) is 29.8 Å². The van der Waals surface area contributed by atoms with Crippen LogP contribution in [0.3, 0.4) is 0 Å². The van der Waals surface area contributed by atoms with Gasteiger partial charge in [-0.25, -0.2) is 8.42 Å². The van der Waals surface area contributed by atoms with Crippen LogP contribution in [0.5, 0.6) is 0 Å². The maximum absolute atomic E-state index is 13.1. The zero-order chi connectivity index (χ0) is 24.0. The van der Waals surface area contributed by atoms with Crippen LogP contribution in [0, 0.1) is 23.2 Å². The minimum absolute atomic E-state index is 0.0717. The van der Waals surface area contributed by atoms with Gasteiger partial charge in [-0.2, -0.15) is 22.7 Å². The van der Waals surface area contributed by atoms with Gasteiger partial charge in [0.25, 0.3) is 5.91 Å². The molecule has 1 aliphatic carbocycles. The van der Waals surface area contributed by atoms with Gasteiger partial charge >= 0.3 is 6.18 Å². The number of rotatable bonds is 5. The number of benzene rings is 1. The van der Waals surface area contributed by atoms with E-state index in [0.29, 0.717) is 19.4 Å². The second-order valence-electron chi connectivity index (χ2n) is 8.75. The molecule has 33 heavy (non-hydrogen) atoms. The van der Waals surface area contributed by atoms with Crippen LogP contribution in [-0.4, -0.2) is 67.3 Å². The Morgan fingerprint density at radius 1 is 1.18 bits per heavy atom. The highest BCUT2D eigenvalue weighted by molar-refractivity contribution is 7.89. The molecule has 1 aromatic rings. The van der Waals surface area contributed by atoms with Gasteiger partial charge in [0, 0.05) is 31.2 Å². The minimum Gasteiger partial charge on any atom is -0.352 e. The Labute approximate surface area is 189 Å². The molecule has 4 rings (SSSR count). The third-order valence-electron chi connectivity index (χ3n) is 6.51. The van der Waals surface area contributed by atoms with Gasteiger partial charge in [0.2, 0.25) is 15.9 Å². The number of halogens is 3. The highest BCUT2D eigenvalue weighted by Gasteiger charge is 2.49. The van der Waals surface area contributed by atoms with Gasteiger partial charge < -0.3 is 10.2 Å². The van der Waals surface area contributed by atoms with E-state index < -0.39 is 46.0 Å². The van der Waals surface area contributed by atoms with Crippen LogP contribution >= 0.6 is 0 Å². The summed E-state index contributed by atoms with van der Waals surface area (Å²) in [6, 6.07) is 6.16. The summed E-state index contributed by atoms with van der Waals surface area (Å²) in [7, 11) is -3.84. The number of nitrogens with zero attached hydrogens (tertiary/aromatic N) is 3. The van der Waals surface area contributed by atoms with E-state index in [9.17, 15) is 31.2 Å². The third kappa shape index (κ3) is 4.56. The minimum atomic E-state index is -4.27. The molecule has 1 saturated carbocycles. The monoisotopic (exact) mass is 484 g/mol. The number of amides is 2. The van der Waals surface area contributed by atoms with Crippen molar-refractivity contribution in [2.75, 3.05) is 19.6 Å². The average molecular weight is 485 g/mol. The lowest BCUT2D eigenvalue weighted by molar-refractivity contribution is -0.199. The molecule has 178 valence electrons. The quantitative estimate of drug-likeness (QED) is 0.686. The highest BCUT2D eigenvalue weighted by atomic mass is 32.2. The molecule has 12 heteroatoms. The first-order valence-electron chi connectivity index (χ1n) is 10.7. The Bertz CT molecular complexity index is 1090. The van der Waals surface area contributed by atoms with Crippen LogP contribution in [0.25, 0.3) is 0 Å². The summed E-state index contributed by atoms with van der Waals surface area (Å²) >= 11 is 0. The second kappa shape index (κ2) is 8.61. The lowest BCUT2D eigenvalue weighted by Gasteiger charge is -2.38. The number of carbonyl (C=O) groups is 2. The maximum atomic E-state index is 13.1. The molecule has 1 aromatic carbocycles. The second-order valence-corrected chi connectivity index (χ2v) is 10.7. The van der Waals surface area contributed by atoms with Crippen molar-refractivity contribution in [3.63, 3.8) is 0 Å². The predicted octanol–water partition coefficient (Wildman–Crippen LogP) is 1.89. The third-order valence-corrected chi connectivity index (χ3v) is 8.34. The van der Waals surface area contributed by atoms with E-state index in [2.05, 4.69) is 5.32 Å². The molecule has 0 aromatic heterocycles. The summed E-state index contributed by atoms with van der Waals surface area (Å²) in [6.45, 7) is 0.489. The molecule has 0 radical (unpaired) electrons. The Hall–Kier alpha value is -2.65. The molecular weight excluding hydrogens is 461 g/mol. The zero-order valence-electron chi connectivity index (χ0n) is 17.6. The van der Waals surface area contributed by atoms with E-state index in [1.165, 1.54) is 33.5 Å². The summed E-state index contributed by atoms with van der Waals surface area (Å²) in [6.07, 6.45) is -3.67. The molecule has 2 amide bonds. The molecule has 2 saturated heterocycles. The number of carbonyl (C=O) groups excluding carboxylic acids is 2. The van der Waals surface area contributed by atoms with Gasteiger partial charge in [-0.3, -0.25) is 9.59 Å². The zero-order valence-corrected chi connectivity index (χ0v) is 18.4. The largest absolute Gasteiger partial charge is 0.391 e. The van der Waals surface area contributed by atoms with E-state index in [1.54, 1.807) is 0 Å². The Morgan fingerprint density at radius 3 is 2.52 bits per heavy atom. The molecule has 2 heterocycles. The Balaban J connectivity index is 1.42. The SMILES string of the molecule is N#CC1CN(S(=O)(=O)c2cccc(C(=O)N3CCC[C@@H]3C(=O)N[C@H]3C[C@@H](C(F)(F)F)C3)c2)C1. The number of sulfonamides is 1. The fraction of sp³-hybridized carbons (Fsp3) is 0.571. The normalized spacial score (nSPS) is 26.2. The smallest absolute Gasteiger partial charge is 0.352 e. The molecule has 0 spiro atoms. The molecule has 3 fully saturated rings. The molecule has 8 nitrogen and oxygen atoms in total. The van der Waals surface area contributed by atoms with E-state index in [1.807, 2.05) is 6.07 Å². The lowest BCUT2D eigenvalue weighted by Crippen LogP contribution is -2.54. The van der Waals surface area contributed by atoms with Crippen molar-refractivity contribution in [2.45, 2.75) is 48.8 Å². The number of nitrogens with one attached hydrogen (secondary N) is 1. The summed E-state index contributed by atoms with van der Waals surface area (Å²) in [5.41, 5.74) is 0.105. The van der Waals surface area contributed by atoms with Gasteiger partial charge in [-0.15, -0.1) is 0 Å². The lowest BCUT2D eigenvalue weighted by atomic mass is 9.79. The molecule has 1 atom stereocenters. The van der Waals surface area contributed by atoms with Crippen molar-refractivity contribution < 1.29 is 31.2 Å². The fourth-order valence-corrected chi connectivity index (χ4v) is 5.98. The first kappa shape index (κ1) is 23.5. The highest BCUT2D eigenvalue weighted by Crippen LogP contribution is 2.41. The summed E-state index contributed by atoms with van der Waals surface area (Å²) in [4.78, 5) is 27.0. The first-order valence-corrected chi connectivity index (χ1v) is 12.1. The van der Waals surface area contributed by atoms with Crippen LogP contribution in [0.4, 0.5) is 13.2 Å². The number of hydrogen-bond donors (Lipinski definition) is 1. The van der Waals surface area contributed by atoms with Crippen molar-refractivity contribution >= 4 is 21.8 Å². The van der Waals surface area contributed by atoms with E-state index in [4.69, 9.17) is 5.26 Å². The fourth-order valence-electron chi connectivity index (χ4n) is 4.40. The standard InChI is InChI=1S/C21H23F3N4O4S/c22-21(23,24)15-8-16(9-15)26-19(29)18-5-2-6-28(18)20(30)14-3-1-4-17(7-14)33(31,32)27-11-13(10-25)12-27/h1,3-4,7,13,15-16,18H,2,5-6,8-9,11-12H2,(H,26,29)/t15-,16+,18-/m1/s1. The molecular formula is C21H23F3N4O4S. The molecule has 0 bridgehead atoms. The van der Waals surface area contributed by atoms with E-state index in [0.717, 1.165) is 0 Å². The van der Waals surface area contributed by atoms with E-state index in [-0.39, 0.29) is 42.3 Å². The Kier molecular flexibility index (Phi) is 6.13. The number of nitriles is 1. The predicted molar refractivity (Wildman–Crippen MR) is 109 cm³/mol. The Morgan fingerprint density at radius 2 is 1.88 bits per heavy atom. The number of alkyl halides is 3. The van der Waals surface area contributed by atoms with Gasteiger partial charge in [0.1, 0.15) is 6.04 Å². The van der Waals surface area contributed by atoms with Gasteiger partial charge in [-0.05, 0) is 43.9 Å². The van der Waals surface area contributed by atoms with Crippen LogP contribution in [0.2, 0.25) is 0 Å². The summed E-state index contributed by atoms with van der Waals surface area (Å²) in [5, 5.41) is 11.5. The van der Waals surface area contributed by atoms with Crippen LogP contribution in [0.1, 0.15) is 36.0 Å². The number of hydrogen-bond acceptors (Lipinski definition) is 5. The molecule has 2 aliphatic heterocycles. The maximum Gasteiger partial charge on any atom is 0.391 e. The van der Waals surface area contributed by atoms with Gasteiger partial charge in [0.05, 0.1) is 22.8 Å². The molecule has 1 N–H and O–H groups in total. The van der Waals surface area contributed by atoms with Crippen LogP contribution in [-0.2, 0) is 14.8 Å². The van der Waals surface area contributed by atoms with E-state index >= 15 is 0 Å². The van der Waals surface area contributed by atoms with Gasteiger partial charge in [0.15, 0.2) is 0 Å².